The quantitative estimate of drug-likeness (QED) is 0.682. The van der Waals surface area contributed by atoms with Crippen molar-refractivity contribution in [2.45, 2.75) is 27.7 Å². The summed E-state index contributed by atoms with van der Waals surface area (Å²) in [5.74, 6) is 0. The number of rotatable bonds is 2. The molecule has 0 aromatic rings. The Hall–Kier alpha value is 1.69. The van der Waals surface area contributed by atoms with Gasteiger partial charge >= 0.3 is 0 Å². The van der Waals surface area contributed by atoms with Gasteiger partial charge in [0, 0.05) is 65.4 Å². The second-order valence-corrected chi connectivity index (χ2v) is 1.94. The first-order valence-corrected chi connectivity index (χ1v) is 2.98. The van der Waals surface area contributed by atoms with Crippen LogP contribution >= 0.6 is 0 Å². The predicted molar refractivity (Wildman–Crippen MR) is 51.2 cm³/mol. The van der Waals surface area contributed by atoms with Gasteiger partial charge in [-0.2, -0.15) is 0 Å². The van der Waals surface area contributed by atoms with Gasteiger partial charge < -0.3 is 38.8 Å². The van der Waals surface area contributed by atoms with Gasteiger partial charge in [-0.05, 0) is 0 Å². The van der Waals surface area contributed by atoms with E-state index in [0.29, 0.717) is 0 Å². The molecule has 0 atom stereocenters. The Morgan fingerprint density at radius 2 is 0.917 bits per heavy atom. The third kappa shape index (κ3) is 14.2. The van der Waals surface area contributed by atoms with E-state index in [2.05, 4.69) is 40.5 Å². The molecule has 0 aliphatic heterocycles. The van der Waals surface area contributed by atoms with E-state index in [1.807, 2.05) is 0 Å². The summed E-state index contributed by atoms with van der Waals surface area (Å²) in [6, 6.07) is 0. The molecule has 0 nitrogen and oxygen atoms in total. The largest absolute Gasteiger partial charge is 0.364 e. The summed E-state index contributed by atoms with van der Waals surface area (Å²) in [4.78, 5) is 0. The molecule has 0 aromatic heterocycles. The summed E-state index contributed by atoms with van der Waals surface area (Å²) < 4.78 is 0. The fourth-order valence-electron chi connectivity index (χ4n) is 0.455. The van der Waals surface area contributed by atoms with Gasteiger partial charge in [0.1, 0.15) is 0 Å². The Balaban J connectivity index is -0.0000000408. The molecule has 0 fully saturated rings. The van der Waals surface area contributed by atoms with E-state index in [1.54, 1.807) is 0 Å². The average Bonchev–Trinajstić information content (AvgIpc) is 1.84. The summed E-state index contributed by atoms with van der Waals surface area (Å²) in [7, 11) is 0. The second kappa shape index (κ2) is 18.5. The average molecular weight is 318 g/mol. The Morgan fingerprint density at radius 1 is 0.750 bits per heavy atom. The monoisotopic (exact) mass is 318 g/mol. The van der Waals surface area contributed by atoms with E-state index in [-0.39, 0.29) is 80.3 Å². The molecule has 0 saturated carbocycles. The summed E-state index contributed by atoms with van der Waals surface area (Å²) >= 11 is 0. The number of allylic oxidation sites excluding steroid dienone is 2. The fraction of sp³-hybridized carbons (Fsp3) is 0.400. The van der Waals surface area contributed by atoms with Gasteiger partial charge in [0.15, 0.2) is 0 Å². The minimum Gasteiger partial charge on any atom is -0.364 e. The van der Waals surface area contributed by atoms with E-state index < -0.39 is 0 Å². The molecule has 0 amide bonds. The van der Waals surface area contributed by atoms with Gasteiger partial charge in [-0.15, -0.1) is 27.7 Å². The summed E-state index contributed by atoms with van der Waals surface area (Å²) in [5, 5.41) is 0. The minimum absolute atomic E-state index is 0. The van der Waals surface area contributed by atoms with Gasteiger partial charge in [0.05, 0.1) is 0 Å². The van der Waals surface area contributed by atoms with Gasteiger partial charge in [0.2, 0.25) is 0 Å². The van der Waals surface area contributed by atoms with Crippen molar-refractivity contribution in [3.8, 4) is 0 Å². The van der Waals surface area contributed by atoms with Crippen LogP contribution in [0.1, 0.15) is 27.7 Å². The molecular weight excluding hydrogens is 298 g/mol. The third-order valence-electron chi connectivity index (χ3n) is 1.49. The minimum atomic E-state index is 0. The van der Waals surface area contributed by atoms with Crippen molar-refractivity contribution < 1.29 is 65.4 Å². The van der Waals surface area contributed by atoms with Crippen LogP contribution in [-0.4, -0.2) is 0 Å². The van der Waals surface area contributed by atoms with Crippen molar-refractivity contribution in [3.63, 3.8) is 0 Å². The molecule has 0 saturated heterocycles. The molecule has 12 heavy (non-hydrogen) atoms. The van der Waals surface area contributed by atoms with Gasteiger partial charge in [0.25, 0.3) is 0 Å². The first-order valence-electron chi connectivity index (χ1n) is 2.98. The Bertz CT molecular complexity index is 84.0. The van der Waals surface area contributed by atoms with Crippen LogP contribution < -0.4 is 0 Å². The smallest absolute Gasteiger partial charge is 0 e. The predicted octanol–water partition coefficient (Wildman–Crippen LogP) is 3.67. The molecule has 0 N–H and O–H groups in total. The van der Waals surface area contributed by atoms with Crippen molar-refractivity contribution in [2.24, 2.45) is 0 Å². The van der Waals surface area contributed by atoms with Crippen molar-refractivity contribution in [2.75, 3.05) is 0 Å². The van der Waals surface area contributed by atoms with E-state index >= 15 is 0 Å². The molecule has 0 rings (SSSR count). The van der Waals surface area contributed by atoms with Crippen LogP contribution in [-0.2, 0) is 65.4 Å². The van der Waals surface area contributed by atoms with Crippen molar-refractivity contribution >= 4 is 0 Å². The van der Waals surface area contributed by atoms with Crippen LogP contribution in [0.25, 0.3) is 0 Å². The Kier molecular flexibility index (Phi) is 44.9. The first-order chi connectivity index (χ1) is 3.72. The second-order valence-electron chi connectivity index (χ2n) is 1.94. The molecule has 0 aliphatic rings. The van der Waals surface area contributed by atoms with Crippen LogP contribution in [0.15, 0.2) is 11.1 Å². The van der Waals surface area contributed by atoms with E-state index in [1.165, 1.54) is 11.1 Å². The van der Waals surface area contributed by atoms with E-state index in [0.717, 1.165) is 0 Å². The molecule has 0 aromatic carbocycles. The zero-order valence-corrected chi connectivity index (χ0v) is 15.0. The maximum Gasteiger partial charge on any atom is 0 e. The molecule has 70 valence electrons. The van der Waals surface area contributed by atoms with Gasteiger partial charge in [-0.3, -0.25) is 0 Å². The van der Waals surface area contributed by atoms with Gasteiger partial charge in [-0.25, -0.2) is 0 Å². The normalized spacial score (nSPS) is 8.33. The molecule has 0 unspecified atom stereocenters. The molecule has 0 bridgehead atoms. The molecule has 0 spiro atoms. The molecular formula is C10H20Y2-4. The van der Waals surface area contributed by atoms with E-state index in [4.69, 9.17) is 0 Å². The molecule has 2 radical (unpaired) electrons. The topological polar surface area (TPSA) is 0 Å². The van der Waals surface area contributed by atoms with E-state index in [9.17, 15) is 0 Å². The summed E-state index contributed by atoms with van der Waals surface area (Å²) in [6.07, 6.45) is 4.24. The zero-order valence-electron chi connectivity index (χ0n) is 9.31. The maximum absolute atomic E-state index is 2.12. The molecule has 0 heterocycles. The maximum atomic E-state index is 2.12. The van der Waals surface area contributed by atoms with Crippen LogP contribution in [0.2, 0.25) is 0 Å². The van der Waals surface area contributed by atoms with Crippen molar-refractivity contribution in [1.29, 1.82) is 0 Å². The van der Waals surface area contributed by atoms with Crippen molar-refractivity contribution in [3.05, 3.63) is 38.8 Å². The van der Waals surface area contributed by atoms with Gasteiger partial charge in [-0.1, -0.05) is 0 Å². The number of hydrogen-bond acceptors (Lipinski definition) is 0. The first kappa shape index (κ1) is 29.2. The standard InChI is InChI=1S/C8H14.2CH3.2Y/c1-5-7(3)8(4)6-2;;;;/h5-6H,1-4H3;2*1H3;;/q-2;2*-1;;/b8-7+;;;;. The van der Waals surface area contributed by atoms with Crippen LogP contribution in [0, 0.1) is 27.7 Å². The Labute approximate surface area is 130 Å². The van der Waals surface area contributed by atoms with Crippen LogP contribution in [0.5, 0.6) is 0 Å². The third-order valence-corrected chi connectivity index (χ3v) is 1.49. The Morgan fingerprint density at radius 3 is 1.00 bits per heavy atom. The van der Waals surface area contributed by atoms with Crippen LogP contribution in [0.4, 0.5) is 0 Å². The van der Waals surface area contributed by atoms with Crippen LogP contribution in [0.3, 0.4) is 0 Å². The number of hydrogen-bond donors (Lipinski definition) is 0. The SMILES string of the molecule is C[CH-]/C(C)=C(\C)[CH-]C.[CH3-].[CH3-].[Y].[Y]. The summed E-state index contributed by atoms with van der Waals surface area (Å²) in [5.41, 5.74) is 2.74. The summed E-state index contributed by atoms with van der Waals surface area (Å²) in [6.45, 7) is 8.36. The van der Waals surface area contributed by atoms with Crippen molar-refractivity contribution in [1.82, 2.24) is 0 Å². The molecule has 0 aliphatic carbocycles. The fourth-order valence-corrected chi connectivity index (χ4v) is 0.455. The zero-order chi connectivity index (χ0) is 6.57. The molecule has 2 heteroatoms.